The van der Waals surface area contributed by atoms with Crippen LogP contribution in [0.2, 0.25) is 0 Å². The maximum Gasteiger partial charge on any atom is 0.0620 e. The van der Waals surface area contributed by atoms with Crippen LogP contribution in [-0.2, 0) is 4.74 Å². The molecule has 1 saturated heterocycles. The standard InChI is InChI=1S/C14H27ClO2/c1-3-11(4-2)14-10-12(15)9-13(17-14)7-5-6-8-16/h11-14,16H,3-10H2,1-2H3/t12-,13+,14+/m1/s1. The highest BCUT2D eigenvalue weighted by molar-refractivity contribution is 6.20. The first-order chi connectivity index (χ1) is 8.21. The van der Waals surface area contributed by atoms with E-state index in [9.17, 15) is 0 Å². The third-order valence-electron chi connectivity index (χ3n) is 3.88. The van der Waals surface area contributed by atoms with Crippen LogP contribution in [0.25, 0.3) is 0 Å². The second kappa shape index (κ2) is 8.34. The number of halogens is 1. The monoisotopic (exact) mass is 262 g/mol. The molecule has 3 heteroatoms. The second-order valence-electron chi connectivity index (χ2n) is 5.16. The number of aliphatic hydroxyl groups excluding tert-OH is 1. The SMILES string of the molecule is CCC(CC)[C@@H]1C[C@H](Cl)C[C@H](CCCCO)O1. The Morgan fingerprint density at radius 3 is 2.53 bits per heavy atom. The van der Waals surface area contributed by atoms with Crippen molar-refractivity contribution < 1.29 is 9.84 Å². The Labute approximate surface area is 111 Å². The van der Waals surface area contributed by atoms with E-state index in [1.807, 2.05) is 0 Å². The largest absolute Gasteiger partial charge is 0.396 e. The van der Waals surface area contributed by atoms with Gasteiger partial charge in [-0.05, 0) is 38.0 Å². The Morgan fingerprint density at radius 2 is 1.94 bits per heavy atom. The van der Waals surface area contributed by atoms with E-state index in [1.165, 1.54) is 12.8 Å². The van der Waals surface area contributed by atoms with E-state index in [-0.39, 0.29) is 12.0 Å². The van der Waals surface area contributed by atoms with Gasteiger partial charge in [-0.15, -0.1) is 11.6 Å². The number of ether oxygens (including phenoxy) is 1. The molecule has 0 bridgehead atoms. The fraction of sp³-hybridized carbons (Fsp3) is 1.00. The topological polar surface area (TPSA) is 29.5 Å². The Morgan fingerprint density at radius 1 is 1.24 bits per heavy atom. The highest BCUT2D eigenvalue weighted by Gasteiger charge is 2.31. The summed E-state index contributed by atoms with van der Waals surface area (Å²) in [6.07, 6.45) is 7.95. The van der Waals surface area contributed by atoms with Gasteiger partial charge in [-0.1, -0.05) is 26.7 Å². The summed E-state index contributed by atoms with van der Waals surface area (Å²) in [6, 6.07) is 0. The zero-order valence-corrected chi connectivity index (χ0v) is 12.0. The zero-order chi connectivity index (χ0) is 12.7. The van der Waals surface area contributed by atoms with Crippen molar-refractivity contribution >= 4 is 11.6 Å². The first-order valence-electron chi connectivity index (χ1n) is 7.11. The highest BCUT2D eigenvalue weighted by Crippen LogP contribution is 2.32. The predicted molar refractivity (Wildman–Crippen MR) is 72.5 cm³/mol. The van der Waals surface area contributed by atoms with E-state index in [0.29, 0.717) is 18.1 Å². The first-order valence-corrected chi connectivity index (χ1v) is 7.55. The summed E-state index contributed by atoms with van der Waals surface area (Å²) in [6.45, 7) is 4.75. The van der Waals surface area contributed by atoms with E-state index in [0.717, 1.165) is 32.1 Å². The van der Waals surface area contributed by atoms with Crippen molar-refractivity contribution in [3.05, 3.63) is 0 Å². The van der Waals surface area contributed by atoms with Crippen molar-refractivity contribution in [1.29, 1.82) is 0 Å². The van der Waals surface area contributed by atoms with Crippen LogP contribution in [-0.4, -0.2) is 29.3 Å². The summed E-state index contributed by atoms with van der Waals surface area (Å²) in [4.78, 5) is 0. The van der Waals surface area contributed by atoms with E-state index in [4.69, 9.17) is 21.4 Å². The lowest BCUT2D eigenvalue weighted by atomic mass is 9.89. The average Bonchev–Trinajstić information content (AvgIpc) is 2.30. The third kappa shape index (κ3) is 5.15. The Balaban J connectivity index is 2.41. The van der Waals surface area contributed by atoms with Crippen LogP contribution >= 0.6 is 11.6 Å². The van der Waals surface area contributed by atoms with E-state index in [2.05, 4.69) is 13.8 Å². The Hall–Kier alpha value is 0.210. The van der Waals surface area contributed by atoms with Gasteiger partial charge < -0.3 is 9.84 Å². The van der Waals surface area contributed by atoms with Crippen LogP contribution in [0.1, 0.15) is 58.8 Å². The molecule has 0 saturated carbocycles. The molecular formula is C14H27ClO2. The summed E-state index contributed by atoms with van der Waals surface area (Å²) in [5, 5.41) is 9.07. The molecule has 0 radical (unpaired) electrons. The quantitative estimate of drug-likeness (QED) is 0.559. The van der Waals surface area contributed by atoms with Gasteiger partial charge in [0.1, 0.15) is 0 Å². The van der Waals surface area contributed by atoms with E-state index < -0.39 is 0 Å². The minimum atomic E-state index is 0.272. The minimum absolute atomic E-state index is 0.272. The van der Waals surface area contributed by atoms with Gasteiger partial charge in [-0.25, -0.2) is 0 Å². The molecule has 1 fully saturated rings. The fourth-order valence-electron chi connectivity index (χ4n) is 2.78. The van der Waals surface area contributed by atoms with Gasteiger partial charge >= 0.3 is 0 Å². The molecule has 1 aliphatic heterocycles. The zero-order valence-electron chi connectivity index (χ0n) is 11.2. The normalized spacial score (nSPS) is 29.8. The van der Waals surface area contributed by atoms with Crippen LogP contribution in [0.4, 0.5) is 0 Å². The van der Waals surface area contributed by atoms with Crippen molar-refractivity contribution in [3.63, 3.8) is 0 Å². The lowest BCUT2D eigenvalue weighted by Crippen LogP contribution is -2.37. The van der Waals surface area contributed by atoms with Gasteiger partial charge in [0.05, 0.1) is 12.2 Å². The summed E-state index contributed by atoms with van der Waals surface area (Å²) < 4.78 is 6.18. The molecule has 3 atom stereocenters. The van der Waals surface area contributed by atoms with Crippen molar-refractivity contribution in [2.45, 2.75) is 76.4 Å². The molecule has 0 aromatic rings. The van der Waals surface area contributed by atoms with Crippen molar-refractivity contribution in [1.82, 2.24) is 0 Å². The molecule has 1 N–H and O–H groups in total. The summed E-state index contributed by atoms with van der Waals surface area (Å²) >= 11 is 6.35. The molecule has 0 spiro atoms. The van der Waals surface area contributed by atoms with E-state index >= 15 is 0 Å². The molecule has 17 heavy (non-hydrogen) atoms. The van der Waals surface area contributed by atoms with Crippen LogP contribution in [0.5, 0.6) is 0 Å². The smallest absolute Gasteiger partial charge is 0.0620 e. The average molecular weight is 263 g/mol. The Bertz CT molecular complexity index is 195. The number of hydrogen-bond donors (Lipinski definition) is 1. The number of alkyl halides is 1. The lowest BCUT2D eigenvalue weighted by Gasteiger charge is -2.37. The molecular weight excluding hydrogens is 236 g/mol. The van der Waals surface area contributed by atoms with Gasteiger partial charge in [0.15, 0.2) is 0 Å². The number of unbranched alkanes of at least 4 members (excludes halogenated alkanes) is 1. The van der Waals surface area contributed by atoms with Crippen LogP contribution in [0.15, 0.2) is 0 Å². The number of rotatable bonds is 7. The Kier molecular flexibility index (Phi) is 7.49. The molecule has 0 amide bonds. The molecule has 0 aromatic carbocycles. The molecule has 0 unspecified atom stereocenters. The van der Waals surface area contributed by atoms with Crippen molar-refractivity contribution in [3.8, 4) is 0 Å². The first kappa shape index (κ1) is 15.3. The van der Waals surface area contributed by atoms with Crippen LogP contribution in [0, 0.1) is 5.92 Å². The van der Waals surface area contributed by atoms with Gasteiger partial charge in [0, 0.05) is 12.0 Å². The highest BCUT2D eigenvalue weighted by atomic mass is 35.5. The molecule has 2 nitrogen and oxygen atoms in total. The molecule has 0 aromatic heterocycles. The summed E-state index contributed by atoms with van der Waals surface area (Å²) in [5.41, 5.74) is 0. The molecule has 1 aliphatic rings. The van der Waals surface area contributed by atoms with Crippen molar-refractivity contribution in [2.75, 3.05) is 6.61 Å². The molecule has 102 valence electrons. The van der Waals surface area contributed by atoms with Crippen LogP contribution in [0.3, 0.4) is 0 Å². The third-order valence-corrected chi connectivity index (χ3v) is 4.24. The van der Waals surface area contributed by atoms with Gasteiger partial charge in [0.2, 0.25) is 0 Å². The van der Waals surface area contributed by atoms with Gasteiger partial charge in [-0.2, -0.15) is 0 Å². The maximum atomic E-state index is 8.80. The van der Waals surface area contributed by atoms with Gasteiger partial charge in [0.25, 0.3) is 0 Å². The summed E-state index contributed by atoms with van der Waals surface area (Å²) in [5.74, 6) is 0.650. The van der Waals surface area contributed by atoms with Crippen molar-refractivity contribution in [2.24, 2.45) is 5.92 Å². The summed E-state index contributed by atoms with van der Waals surface area (Å²) in [7, 11) is 0. The predicted octanol–water partition coefficient (Wildman–Crippen LogP) is 3.74. The van der Waals surface area contributed by atoms with Crippen LogP contribution < -0.4 is 0 Å². The molecule has 1 heterocycles. The number of hydrogen-bond acceptors (Lipinski definition) is 2. The maximum absolute atomic E-state index is 8.80. The number of aliphatic hydroxyl groups is 1. The van der Waals surface area contributed by atoms with Gasteiger partial charge in [-0.3, -0.25) is 0 Å². The second-order valence-corrected chi connectivity index (χ2v) is 5.78. The fourth-order valence-corrected chi connectivity index (χ4v) is 3.15. The molecule has 1 rings (SSSR count). The lowest BCUT2D eigenvalue weighted by molar-refractivity contribution is -0.0806. The minimum Gasteiger partial charge on any atom is -0.396 e. The molecule has 0 aliphatic carbocycles. The van der Waals surface area contributed by atoms with E-state index in [1.54, 1.807) is 0 Å².